The molecule has 1 amide bonds. The molecule has 1 fully saturated rings. The molecule has 2 aliphatic rings. The van der Waals surface area contributed by atoms with Crippen LogP contribution in [-0.4, -0.2) is 51.6 Å². The Kier molecular flexibility index (Phi) is 4.35. The van der Waals surface area contributed by atoms with E-state index in [1.54, 1.807) is 18.3 Å². The summed E-state index contributed by atoms with van der Waals surface area (Å²) in [6.45, 7) is 3.66. The number of hydrogen-bond donors (Lipinski definition) is 0. The molecule has 0 aliphatic carbocycles. The molecule has 1 aromatic heterocycles. The monoisotopic (exact) mass is 362 g/mol. The zero-order valence-corrected chi connectivity index (χ0v) is 14.6. The first-order valence-corrected chi connectivity index (χ1v) is 8.67. The van der Waals surface area contributed by atoms with Crippen LogP contribution in [0.2, 0.25) is 5.02 Å². The number of fused-ring (bicyclic) bond motifs is 3. The van der Waals surface area contributed by atoms with Crippen molar-refractivity contribution in [2.45, 2.75) is 32.1 Å². The molecule has 0 unspecified atom stereocenters. The van der Waals surface area contributed by atoms with E-state index in [-0.39, 0.29) is 24.7 Å². The fraction of sp³-hybridized carbons (Fsp3) is 0.471. The van der Waals surface area contributed by atoms with Crippen LogP contribution in [0.5, 0.6) is 5.75 Å². The minimum absolute atomic E-state index is 0.00489. The number of halogens is 1. The van der Waals surface area contributed by atoms with Gasteiger partial charge in [0.05, 0.1) is 30.6 Å². The number of aryl methyl sites for hydroxylation is 1. The van der Waals surface area contributed by atoms with E-state index in [4.69, 9.17) is 21.1 Å². The van der Waals surface area contributed by atoms with Crippen LogP contribution in [0.1, 0.15) is 23.7 Å². The Bertz CT molecular complexity index is 794. The van der Waals surface area contributed by atoms with Gasteiger partial charge in [0.15, 0.2) is 6.61 Å². The number of hydrogen-bond acceptors (Lipinski definition) is 5. The Morgan fingerprint density at radius 2 is 2.36 bits per heavy atom. The van der Waals surface area contributed by atoms with Crippen LogP contribution >= 0.6 is 11.6 Å². The predicted octanol–water partition coefficient (Wildman–Crippen LogP) is 1.99. The van der Waals surface area contributed by atoms with Gasteiger partial charge in [-0.2, -0.15) is 0 Å². The fourth-order valence-electron chi connectivity index (χ4n) is 3.41. The van der Waals surface area contributed by atoms with Crippen molar-refractivity contribution in [1.82, 2.24) is 19.9 Å². The second-order valence-electron chi connectivity index (χ2n) is 6.41. The summed E-state index contributed by atoms with van der Waals surface area (Å²) in [5, 5.41) is 8.76. The third-order valence-corrected chi connectivity index (χ3v) is 5.00. The molecule has 0 N–H and O–H groups in total. The van der Waals surface area contributed by atoms with Gasteiger partial charge in [-0.15, -0.1) is 5.10 Å². The SMILES string of the molecule is Cc1cc(Cl)ccc1OCC(=O)N1CC[C@H]2OCc3cnnn3[C@H]2C1. The van der Waals surface area contributed by atoms with Crippen LogP contribution in [0.4, 0.5) is 0 Å². The number of amides is 1. The van der Waals surface area contributed by atoms with Crippen molar-refractivity contribution in [1.29, 1.82) is 0 Å². The lowest BCUT2D eigenvalue weighted by atomic mass is 10.0. The fourth-order valence-corrected chi connectivity index (χ4v) is 3.64. The van der Waals surface area contributed by atoms with Gasteiger partial charge in [-0.25, -0.2) is 4.68 Å². The first-order chi connectivity index (χ1) is 12.1. The predicted molar refractivity (Wildman–Crippen MR) is 90.5 cm³/mol. The van der Waals surface area contributed by atoms with E-state index in [0.29, 0.717) is 30.5 Å². The van der Waals surface area contributed by atoms with Crippen molar-refractivity contribution in [2.24, 2.45) is 0 Å². The number of nitrogens with zero attached hydrogens (tertiary/aromatic N) is 4. The Morgan fingerprint density at radius 1 is 1.48 bits per heavy atom. The average molecular weight is 363 g/mol. The molecule has 2 aliphatic heterocycles. The van der Waals surface area contributed by atoms with E-state index in [1.165, 1.54) is 0 Å². The van der Waals surface area contributed by atoms with E-state index in [2.05, 4.69) is 10.3 Å². The van der Waals surface area contributed by atoms with Gasteiger partial charge < -0.3 is 14.4 Å². The van der Waals surface area contributed by atoms with Gasteiger partial charge in [0.25, 0.3) is 5.91 Å². The molecule has 3 heterocycles. The Labute approximate surface area is 150 Å². The summed E-state index contributed by atoms with van der Waals surface area (Å²) in [6.07, 6.45) is 2.58. The van der Waals surface area contributed by atoms with Crippen LogP contribution in [0.15, 0.2) is 24.4 Å². The molecule has 1 aromatic carbocycles. The second-order valence-corrected chi connectivity index (χ2v) is 6.85. The van der Waals surface area contributed by atoms with Gasteiger partial charge in [-0.1, -0.05) is 16.8 Å². The number of piperidine rings is 1. The Balaban J connectivity index is 1.40. The van der Waals surface area contributed by atoms with Gasteiger partial charge in [0.1, 0.15) is 5.75 Å². The summed E-state index contributed by atoms with van der Waals surface area (Å²) in [5.41, 5.74) is 1.86. The maximum Gasteiger partial charge on any atom is 0.260 e. The van der Waals surface area contributed by atoms with Crippen LogP contribution in [-0.2, 0) is 16.1 Å². The second kappa shape index (κ2) is 6.65. The lowest BCUT2D eigenvalue weighted by molar-refractivity contribution is -0.140. The largest absolute Gasteiger partial charge is 0.483 e. The normalized spacial score (nSPS) is 22.2. The summed E-state index contributed by atoms with van der Waals surface area (Å²) in [4.78, 5) is 14.4. The molecule has 0 bridgehead atoms. The molecule has 0 saturated carbocycles. The molecule has 0 spiro atoms. The number of aromatic nitrogens is 3. The molecule has 0 radical (unpaired) electrons. The molecule has 7 nitrogen and oxygen atoms in total. The number of rotatable bonds is 3. The Morgan fingerprint density at radius 3 is 3.20 bits per heavy atom. The van der Waals surface area contributed by atoms with E-state index < -0.39 is 0 Å². The highest BCUT2D eigenvalue weighted by Gasteiger charge is 2.37. The zero-order chi connectivity index (χ0) is 17.4. The van der Waals surface area contributed by atoms with Crippen LogP contribution < -0.4 is 4.74 Å². The summed E-state index contributed by atoms with van der Waals surface area (Å²) >= 11 is 5.94. The van der Waals surface area contributed by atoms with Gasteiger partial charge in [0, 0.05) is 18.1 Å². The summed E-state index contributed by atoms with van der Waals surface area (Å²) < 4.78 is 13.4. The van der Waals surface area contributed by atoms with Crippen molar-refractivity contribution < 1.29 is 14.3 Å². The maximum absolute atomic E-state index is 12.6. The van der Waals surface area contributed by atoms with E-state index in [0.717, 1.165) is 17.7 Å². The van der Waals surface area contributed by atoms with E-state index >= 15 is 0 Å². The van der Waals surface area contributed by atoms with Gasteiger partial charge in [0.2, 0.25) is 0 Å². The third-order valence-electron chi connectivity index (χ3n) is 4.77. The minimum atomic E-state index is -0.0416. The first-order valence-electron chi connectivity index (χ1n) is 8.29. The topological polar surface area (TPSA) is 69.5 Å². The van der Waals surface area contributed by atoms with Gasteiger partial charge >= 0.3 is 0 Å². The summed E-state index contributed by atoms with van der Waals surface area (Å²) in [7, 11) is 0. The molecular weight excluding hydrogens is 344 g/mol. The number of carbonyl (C=O) groups is 1. The average Bonchev–Trinajstić information content (AvgIpc) is 3.09. The number of likely N-dealkylation sites (tertiary alicyclic amines) is 1. The number of ether oxygens (including phenoxy) is 2. The van der Waals surface area contributed by atoms with Crippen molar-refractivity contribution in [3.8, 4) is 5.75 Å². The van der Waals surface area contributed by atoms with Crippen LogP contribution in [0.25, 0.3) is 0 Å². The zero-order valence-electron chi connectivity index (χ0n) is 13.9. The molecule has 25 heavy (non-hydrogen) atoms. The van der Waals surface area contributed by atoms with Gasteiger partial charge in [-0.3, -0.25) is 4.79 Å². The molecule has 1 saturated heterocycles. The lowest BCUT2D eigenvalue weighted by Crippen LogP contribution is -2.50. The summed E-state index contributed by atoms with van der Waals surface area (Å²) in [5.74, 6) is 0.632. The molecular formula is C17H19ClN4O3. The molecule has 2 atom stereocenters. The standard InChI is InChI=1S/C17H19ClN4O3/c1-11-6-12(18)2-3-15(11)25-10-17(23)21-5-4-16-14(8-21)22-13(9-24-16)7-19-20-22/h2-3,6-7,14,16H,4-5,8-10H2,1H3/t14-,16+/m0/s1. The molecule has 4 rings (SSSR count). The van der Waals surface area contributed by atoms with Crippen molar-refractivity contribution in [2.75, 3.05) is 19.7 Å². The first kappa shape index (κ1) is 16.4. The quantitative estimate of drug-likeness (QED) is 0.835. The Hall–Kier alpha value is -2.12. The highest BCUT2D eigenvalue weighted by atomic mass is 35.5. The van der Waals surface area contributed by atoms with E-state index in [1.807, 2.05) is 22.6 Å². The van der Waals surface area contributed by atoms with Crippen molar-refractivity contribution >= 4 is 17.5 Å². The minimum Gasteiger partial charge on any atom is -0.483 e. The molecule has 132 valence electrons. The highest BCUT2D eigenvalue weighted by molar-refractivity contribution is 6.30. The number of carbonyl (C=O) groups excluding carboxylic acids is 1. The summed E-state index contributed by atoms with van der Waals surface area (Å²) in [6, 6.07) is 5.37. The van der Waals surface area contributed by atoms with Crippen LogP contribution in [0, 0.1) is 6.92 Å². The lowest BCUT2D eigenvalue weighted by Gasteiger charge is -2.40. The van der Waals surface area contributed by atoms with E-state index in [9.17, 15) is 4.79 Å². The van der Waals surface area contributed by atoms with Gasteiger partial charge in [-0.05, 0) is 37.1 Å². The smallest absolute Gasteiger partial charge is 0.260 e. The van der Waals surface area contributed by atoms with Crippen molar-refractivity contribution in [3.63, 3.8) is 0 Å². The van der Waals surface area contributed by atoms with Crippen molar-refractivity contribution in [3.05, 3.63) is 40.7 Å². The third kappa shape index (κ3) is 3.21. The van der Waals surface area contributed by atoms with Crippen LogP contribution in [0.3, 0.4) is 0 Å². The number of benzene rings is 1. The molecule has 2 aromatic rings. The highest BCUT2D eigenvalue weighted by Crippen LogP contribution is 2.30. The molecule has 8 heteroatoms. The maximum atomic E-state index is 12.6.